The van der Waals surface area contributed by atoms with Crippen LogP contribution in [0.1, 0.15) is 15.9 Å². The first-order chi connectivity index (χ1) is 14.5. The Kier molecular flexibility index (Phi) is 5.50. The molecule has 1 amide bonds. The van der Waals surface area contributed by atoms with Crippen molar-refractivity contribution in [3.63, 3.8) is 0 Å². The van der Waals surface area contributed by atoms with E-state index in [9.17, 15) is 14.7 Å². The maximum Gasteiger partial charge on any atom is 0.335 e. The number of nitrogens with zero attached hydrogens (tertiary/aromatic N) is 2. The average Bonchev–Trinajstić information content (AvgIpc) is 3.02. The third kappa shape index (κ3) is 4.18. The minimum Gasteiger partial charge on any atom is -0.478 e. The van der Waals surface area contributed by atoms with E-state index in [4.69, 9.17) is 0 Å². The molecule has 3 aromatic rings. The average molecular weight is 414 g/mol. The number of likely N-dealkylation sites (N-methyl/N-ethyl adjacent to an activating group) is 1. The molecule has 1 aliphatic rings. The van der Waals surface area contributed by atoms with Gasteiger partial charge < -0.3 is 5.11 Å². The lowest BCUT2D eigenvalue weighted by atomic mass is 10.0. The minimum absolute atomic E-state index is 0.104. The maximum absolute atomic E-state index is 12.7. The van der Waals surface area contributed by atoms with Crippen molar-refractivity contribution in [3.8, 4) is 11.1 Å². The number of aromatic carboxylic acids is 1. The van der Waals surface area contributed by atoms with Crippen molar-refractivity contribution < 1.29 is 14.7 Å². The molecule has 1 saturated heterocycles. The summed E-state index contributed by atoms with van der Waals surface area (Å²) < 4.78 is 0. The minimum atomic E-state index is -0.962. The zero-order valence-electron chi connectivity index (χ0n) is 16.1. The molecule has 0 saturated carbocycles. The van der Waals surface area contributed by atoms with E-state index in [0.29, 0.717) is 10.1 Å². The van der Waals surface area contributed by atoms with Crippen molar-refractivity contribution in [2.75, 3.05) is 7.05 Å². The molecule has 0 unspecified atom stereocenters. The Labute approximate surface area is 178 Å². The number of aliphatic imine (C=N–C) groups is 1. The molecular weight excluding hydrogens is 396 g/mol. The smallest absolute Gasteiger partial charge is 0.335 e. The lowest BCUT2D eigenvalue weighted by molar-refractivity contribution is -0.121. The Morgan fingerprint density at radius 2 is 1.67 bits per heavy atom. The molecule has 1 fully saturated rings. The quantitative estimate of drug-likeness (QED) is 0.589. The monoisotopic (exact) mass is 414 g/mol. The van der Waals surface area contributed by atoms with E-state index in [0.717, 1.165) is 22.4 Å². The number of rotatable bonds is 4. The van der Waals surface area contributed by atoms with Gasteiger partial charge in [-0.1, -0.05) is 48.5 Å². The standard InChI is InChI=1S/C24H18N2O3S/c1-26-22(27)21(30-24(26)25-20-11-3-2-4-12-20)14-16-7-5-8-17(13-16)18-9-6-10-19(15-18)23(28)29/h2-15H,1H3,(H,28,29)/b21-14-,25-24?. The lowest BCUT2D eigenvalue weighted by Crippen LogP contribution is -2.23. The van der Waals surface area contributed by atoms with E-state index in [1.807, 2.05) is 66.7 Å². The molecule has 0 spiro atoms. The van der Waals surface area contributed by atoms with E-state index in [2.05, 4.69) is 4.99 Å². The molecule has 0 atom stereocenters. The number of carboxylic acid groups (broad SMARTS) is 1. The number of amides is 1. The Morgan fingerprint density at radius 3 is 2.40 bits per heavy atom. The summed E-state index contributed by atoms with van der Waals surface area (Å²) in [5, 5.41) is 9.85. The Bertz CT molecular complexity index is 1190. The van der Waals surface area contributed by atoms with Crippen molar-refractivity contribution >= 4 is 40.6 Å². The number of amidine groups is 1. The number of benzene rings is 3. The van der Waals surface area contributed by atoms with Gasteiger partial charge in [0.1, 0.15) is 0 Å². The molecule has 5 nitrogen and oxygen atoms in total. The van der Waals surface area contributed by atoms with E-state index < -0.39 is 5.97 Å². The molecular formula is C24H18N2O3S. The third-order valence-corrected chi connectivity index (χ3v) is 5.67. The van der Waals surface area contributed by atoms with Crippen LogP contribution in [0.25, 0.3) is 17.2 Å². The summed E-state index contributed by atoms with van der Waals surface area (Å²) in [7, 11) is 1.71. The zero-order valence-corrected chi connectivity index (χ0v) is 17.0. The predicted octanol–water partition coefficient (Wildman–Crippen LogP) is 5.29. The van der Waals surface area contributed by atoms with Crippen molar-refractivity contribution in [2.24, 2.45) is 4.99 Å². The second-order valence-electron chi connectivity index (χ2n) is 6.72. The molecule has 0 radical (unpaired) electrons. The van der Waals surface area contributed by atoms with Gasteiger partial charge in [0.25, 0.3) is 5.91 Å². The molecule has 0 aliphatic carbocycles. The summed E-state index contributed by atoms with van der Waals surface area (Å²) in [6.07, 6.45) is 1.83. The normalized spacial score (nSPS) is 16.4. The summed E-state index contributed by atoms with van der Waals surface area (Å²) in [6.45, 7) is 0. The number of carbonyl (C=O) groups is 2. The highest BCUT2D eigenvalue weighted by Gasteiger charge is 2.30. The van der Waals surface area contributed by atoms with Crippen LogP contribution in [-0.4, -0.2) is 34.1 Å². The van der Waals surface area contributed by atoms with Gasteiger partial charge in [0, 0.05) is 7.05 Å². The number of hydrogen-bond acceptors (Lipinski definition) is 4. The highest BCUT2D eigenvalue weighted by molar-refractivity contribution is 8.18. The third-order valence-electron chi connectivity index (χ3n) is 4.61. The molecule has 0 aromatic heterocycles. The second kappa shape index (κ2) is 8.39. The van der Waals surface area contributed by atoms with Crippen LogP contribution in [-0.2, 0) is 4.79 Å². The van der Waals surface area contributed by atoms with Crippen molar-refractivity contribution in [1.82, 2.24) is 4.90 Å². The van der Waals surface area contributed by atoms with Gasteiger partial charge in [-0.05, 0) is 64.9 Å². The van der Waals surface area contributed by atoms with Gasteiger partial charge in [-0.2, -0.15) is 0 Å². The molecule has 0 bridgehead atoms. The van der Waals surface area contributed by atoms with Crippen LogP contribution in [0.4, 0.5) is 5.69 Å². The van der Waals surface area contributed by atoms with Crippen LogP contribution < -0.4 is 0 Å². The molecule has 4 rings (SSSR count). The van der Waals surface area contributed by atoms with E-state index in [1.165, 1.54) is 11.8 Å². The fourth-order valence-corrected chi connectivity index (χ4v) is 4.04. The molecule has 1 heterocycles. The van der Waals surface area contributed by atoms with Crippen LogP contribution in [0.5, 0.6) is 0 Å². The van der Waals surface area contributed by atoms with Crippen molar-refractivity contribution in [1.29, 1.82) is 0 Å². The topological polar surface area (TPSA) is 70.0 Å². The van der Waals surface area contributed by atoms with E-state index in [1.54, 1.807) is 30.1 Å². The van der Waals surface area contributed by atoms with Crippen molar-refractivity contribution in [2.45, 2.75) is 0 Å². The second-order valence-corrected chi connectivity index (χ2v) is 7.73. The zero-order chi connectivity index (χ0) is 21.1. The van der Waals surface area contributed by atoms with Gasteiger partial charge in [-0.15, -0.1) is 0 Å². The largest absolute Gasteiger partial charge is 0.478 e. The van der Waals surface area contributed by atoms with Gasteiger partial charge >= 0.3 is 5.97 Å². The Hall–Kier alpha value is -3.64. The Balaban J connectivity index is 1.63. The van der Waals surface area contributed by atoms with Crippen LogP contribution in [0.2, 0.25) is 0 Å². The van der Waals surface area contributed by atoms with Crippen LogP contribution in [0.3, 0.4) is 0 Å². The number of thioether (sulfide) groups is 1. The van der Waals surface area contributed by atoms with Crippen LogP contribution in [0, 0.1) is 0 Å². The van der Waals surface area contributed by atoms with Gasteiger partial charge in [0.15, 0.2) is 5.17 Å². The molecule has 1 N–H and O–H groups in total. The summed E-state index contributed by atoms with van der Waals surface area (Å²) in [6, 6.07) is 24.0. The first-order valence-electron chi connectivity index (χ1n) is 9.26. The van der Waals surface area contributed by atoms with E-state index >= 15 is 0 Å². The van der Waals surface area contributed by atoms with Gasteiger partial charge in [0.2, 0.25) is 0 Å². The number of carbonyl (C=O) groups excluding carboxylic acids is 1. The van der Waals surface area contributed by atoms with Gasteiger partial charge in [0.05, 0.1) is 16.2 Å². The molecule has 3 aromatic carbocycles. The molecule has 6 heteroatoms. The van der Waals surface area contributed by atoms with E-state index in [-0.39, 0.29) is 11.5 Å². The summed E-state index contributed by atoms with van der Waals surface area (Å²) in [4.78, 5) is 30.6. The lowest BCUT2D eigenvalue weighted by Gasteiger charge is -2.07. The molecule has 1 aliphatic heterocycles. The summed E-state index contributed by atoms with van der Waals surface area (Å²) in [5.74, 6) is -1.07. The van der Waals surface area contributed by atoms with Gasteiger partial charge in [-0.25, -0.2) is 9.79 Å². The molecule has 148 valence electrons. The maximum atomic E-state index is 12.7. The number of carboxylic acids is 1. The Morgan fingerprint density at radius 1 is 0.967 bits per heavy atom. The highest BCUT2D eigenvalue weighted by atomic mass is 32.2. The van der Waals surface area contributed by atoms with Crippen LogP contribution >= 0.6 is 11.8 Å². The first kappa shape index (κ1) is 19.7. The number of para-hydroxylation sites is 1. The fraction of sp³-hybridized carbons (Fsp3) is 0.0417. The van der Waals surface area contributed by atoms with Crippen molar-refractivity contribution in [3.05, 3.63) is 94.9 Å². The first-order valence-corrected chi connectivity index (χ1v) is 10.1. The summed E-state index contributed by atoms with van der Waals surface area (Å²) >= 11 is 1.33. The highest BCUT2D eigenvalue weighted by Crippen LogP contribution is 2.33. The summed E-state index contributed by atoms with van der Waals surface area (Å²) in [5.41, 5.74) is 3.58. The molecule has 30 heavy (non-hydrogen) atoms. The van der Waals surface area contributed by atoms with Gasteiger partial charge in [-0.3, -0.25) is 9.69 Å². The number of hydrogen-bond donors (Lipinski definition) is 1. The fourth-order valence-electron chi connectivity index (χ4n) is 3.06. The van der Waals surface area contributed by atoms with Crippen LogP contribution in [0.15, 0.2) is 88.8 Å². The predicted molar refractivity (Wildman–Crippen MR) is 121 cm³/mol. The SMILES string of the molecule is CN1C(=O)/C(=C/c2cccc(-c3cccc(C(=O)O)c3)c2)SC1=Nc1ccccc1.